The fourth-order valence-electron chi connectivity index (χ4n) is 0.174. The minimum Gasteiger partial charge on any atom is -0.867 e. The van der Waals surface area contributed by atoms with E-state index in [1.54, 1.807) is 0 Å². The maximum absolute atomic E-state index is 11.2. The van der Waals surface area contributed by atoms with Gasteiger partial charge in [-0.3, -0.25) is 0 Å². The Labute approximate surface area is 105 Å². The molecule has 0 rings (SSSR count). The number of methoxy groups -OCH3 is 1. The van der Waals surface area contributed by atoms with Crippen LogP contribution < -0.4 is 63.3 Å². The minimum absolute atomic E-state index is 0. The Balaban J connectivity index is 0. The van der Waals surface area contributed by atoms with Crippen molar-refractivity contribution in [1.82, 2.24) is 0 Å². The minimum atomic E-state index is -4.81. The van der Waals surface area contributed by atoms with Gasteiger partial charge in [-0.2, -0.15) is 13.2 Å². The molecule has 0 N–H and O–H groups in total. The molecule has 0 atom stereocenters. The number of rotatable bonds is 1. The number of hydrogen-bond donors (Lipinski definition) is 0. The van der Waals surface area contributed by atoms with Crippen molar-refractivity contribution in [3.8, 4) is 0 Å². The number of ether oxygens (including phenoxy) is 1. The maximum atomic E-state index is 11.2. The van der Waals surface area contributed by atoms with E-state index in [9.17, 15) is 18.3 Å². The van der Waals surface area contributed by atoms with Crippen molar-refractivity contribution in [1.29, 1.82) is 0 Å². The largest absolute Gasteiger partial charge is 1.00 e. The van der Waals surface area contributed by atoms with Gasteiger partial charge in [-0.25, -0.2) is 0 Å². The van der Waals surface area contributed by atoms with Crippen LogP contribution in [0, 0.1) is 0 Å². The average molecular weight is 227 g/mol. The van der Waals surface area contributed by atoms with E-state index >= 15 is 0 Å². The number of alkyl halides is 3. The van der Waals surface area contributed by atoms with Crippen molar-refractivity contribution in [3.05, 3.63) is 12.0 Å². The van der Waals surface area contributed by atoms with Gasteiger partial charge in [-0.1, -0.05) is 0 Å². The molecule has 0 aromatic rings. The van der Waals surface area contributed by atoms with Crippen LogP contribution in [-0.2, 0) is 4.74 Å². The van der Waals surface area contributed by atoms with E-state index in [4.69, 9.17) is 0 Å². The molecule has 0 spiro atoms. The van der Waals surface area contributed by atoms with Crippen LogP contribution in [0.2, 0.25) is 0 Å². The van der Waals surface area contributed by atoms with Crippen molar-refractivity contribution in [2.75, 3.05) is 7.11 Å². The quantitative estimate of drug-likeness (QED) is 0.460. The first-order valence-corrected chi connectivity index (χ1v) is 1.95. The molecule has 0 amide bonds. The number of halogens is 3. The Morgan fingerprint density at radius 3 is 2.00 bits per heavy atom. The Kier molecular flexibility index (Phi) is 7.53. The number of hydrogen-bond acceptors (Lipinski definition) is 2. The second-order valence-electron chi connectivity index (χ2n) is 1.22. The summed E-state index contributed by atoms with van der Waals surface area (Å²) in [6.07, 6.45) is -4.70. The van der Waals surface area contributed by atoms with Gasteiger partial charge in [0.25, 0.3) is 0 Å². The van der Waals surface area contributed by atoms with Gasteiger partial charge < -0.3 is 9.84 Å². The van der Waals surface area contributed by atoms with Crippen molar-refractivity contribution in [3.63, 3.8) is 0 Å². The van der Waals surface area contributed by atoms with E-state index in [1.807, 2.05) is 0 Å². The van der Waals surface area contributed by atoms with Gasteiger partial charge in [-0.05, 0) is 0 Å². The van der Waals surface area contributed by atoms with E-state index in [0.29, 0.717) is 0 Å². The van der Waals surface area contributed by atoms with Gasteiger partial charge in [0, 0.05) is 5.76 Å². The van der Waals surface area contributed by atoms with Crippen molar-refractivity contribution < 1.29 is 81.2 Å². The summed E-state index contributed by atoms with van der Waals surface area (Å²) in [7, 11) is 0.976. The smallest absolute Gasteiger partial charge is 0.867 e. The Morgan fingerprint density at radius 2 is 1.90 bits per heavy atom. The maximum Gasteiger partial charge on any atom is 1.00 e. The summed E-state index contributed by atoms with van der Waals surface area (Å²) in [6.45, 7) is 0. The Bertz CT molecular complexity index is 120. The van der Waals surface area contributed by atoms with E-state index in [-0.39, 0.29) is 64.4 Å². The molecular formula is C4H4F3O2Rb. The average Bonchev–Trinajstić information content (AvgIpc) is 1.64. The van der Waals surface area contributed by atoms with Crippen LogP contribution in [0.5, 0.6) is 0 Å². The van der Waals surface area contributed by atoms with Crippen LogP contribution in [0.3, 0.4) is 0 Å². The molecule has 0 aliphatic rings. The summed E-state index contributed by atoms with van der Waals surface area (Å²) in [5.41, 5.74) is 0. The number of allylic oxidation sites excluding steroid dienone is 1. The third kappa shape index (κ3) is 5.70. The molecule has 0 aromatic carbocycles. The molecule has 10 heavy (non-hydrogen) atoms. The van der Waals surface area contributed by atoms with Crippen LogP contribution in [0.15, 0.2) is 12.0 Å². The van der Waals surface area contributed by atoms with Gasteiger partial charge in [0.1, 0.15) is 0 Å². The predicted octanol–water partition coefficient (Wildman–Crippen LogP) is -2.60. The van der Waals surface area contributed by atoms with E-state index < -0.39 is 11.9 Å². The second-order valence-corrected chi connectivity index (χ2v) is 1.22. The zero-order valence-electron chi connectivity index (χ0n) is 5.53. The molecule has 0 fully saturated rings. The molecule has 0 unspecified atom stereocenters. The molecule has 0 saturated heterocycles. The predicted molar refractivity (Wildman–Crippen MR) is 21.1 cm³/mol. The molecule has 2 nitrogen and oxygen atoms in total. The molecule has 54 valence electrons. The van der Waals surface area contributed by atoms with Crippen LogP contribution in [0.1, 0.15) is 0 Å². The van der Waals surface area contributed by atoms with E-state index in [0.717, 1.165) is 7.11 Å². The van der Waals surface area contributed by atoms with Crippen LogP contribution in [0.4, 0.5) is 13.2 Å². The fourth-order valence-corrected chi connectivity index (χ4v) is 0.174. The summed E-state index contributed by atoms with van der Waals surface area (Å²) in [4.78, 5) is 0. The zero-order chi connectivity index (χ0) is 7.49. The first kappa shape index (κ1) is 13.5. The Hall–Kier alpha value is 0.935. The van der Waals surface area contributed by atoms with E-state index in [2.05, 4.69) is 4.74 Å². The summed E-state index contributed by atoms with van der Waals surface area (Å²) in [6, 6.07) is 0. The topological polar surface area (TPSA) is 32.3 Å². The first-order chi connectivity index (χ1) is 3.98. The van der Waals surface area contributed by atoms with Crippen LogP contribution in [-0.4, -0.2) is 13.3 Å². The third-order valence-electron chi connectivity index (χ3n) is 0.504. The Morgan fingerprint density at radius 1 is 1.50 bits per heavy atom. The van der Waals surface area contributed by atoms with Crippen LogP contribution in [0.25, 0.3) is 0 Å². The molecule has 0 aliphatic carbocycles. The van der Waals surface area contributed by atoms with Crippen LogP contribution >= 0.6 is 0 Å². The third-order valence-corrected chi connectivity index (χ3v) is 0.504. The van der Waals surface area contributed by atoms with Gasteiger partial charge in [0.15, 0.2) is 0 Å². The second kappa shape index (κ2) is 5.57. The molecule has 6 heteroatoms. The van der Waals surface area contributed by atoms with Crippen molar-refractivity contribution in [2.45, 2.75) is 6.18 Å². The molecule has 0 aliphatic heterocycles. The normalized spacial score (nSPS) is 12.2. The molecule has 0 bridgehead atoms. The summed E-state index contributed by atoms with van der Waals surface area (Å²) in [5, 5.41) is 9.76. The molecule has 0 aromatic heterocycles. The SMILES string of the molecule is CO/C=C(\[O-])C(F)(F)F.[Rb+]. The molecular weight excluding hydrogens is 223 g/mol. The van der Waals surface area contributed by atoms with Gasteiger partial charge in [-0.15, -0.1) is 0 Å². The first-order valence-electron chi connectivity index (χ1n) is 1.95. The standard InChI is InChI=1S/C4H5F3O2.Rb/c1-9-2-3(8)4(5,6)7;/h2,8H,1H3;/q;+1/p-1/b3-2-;. The monoisotopic (exact) mass is 226 g/mol. The molecule has 0 heterocycles. The summed E-state index contributed by atoms with van der Waals surface area (Å²) < 4.78 is 37.4. The summed E-state index contributed by atoms with van der Waals surface area (Å²) >= 11 is 0. The molecule has 0 radical (unpaired) electrons. The van der Waals surface area contributed by atoms with E-state index in [1.165, 1.54) is 0 Å². The van der Waals surface area contributed by atoms with Gasteiger partial charge in [0.05, 0.1) is 13.4 Å². The zero-order valence-corrected chi connectivity index (χ0v) is 10.4. The van der Waals surface area contributed by atoms with Gasteiger partial charge >= 0.3 is 64.4 Å². The van der Waals surface area contributed by atoms with Crippen molar-refractivity contribution in [2.24, 2.45) is 0 Å². The molecule has 0 saturated carbocycles. The summed E-state index contributed by atoms with van der Waals surface area (Å²) in [5.74, 6) is -1.98. The fraction of sp³-hybridized carbons (Fsp3) is 0.500. The van der Waals surface area contributed by atoms with Gasteiger partial charge in [0.2, 0.25) is 0 Å². The van der Waals surface area contributed by atoms with Crippen molar-refractivity contribution >= 4 is 0 Å².